The van der Waals surface area contributed by atoms with Gasteiger partial charge >= 0.3 is 19.8 Å². The van der Waals surface area contributed by atoms with Crippen molar-refractivity contribution < 1.29 is 52.9 Å². The molecule has 0 saturated heterocycles. The van der Waals surface area contributed by atoms with E-state index in [2.05, 4.69) is 24.4 Å². The Hall–Kier alpha value is -1.59. The van der Waals surface area contributed by atoms with Gasteiger partial charge in [0.25, 0.3) is 0 Å². The topological polar surface area (TPSA) is 169 Å². The van der Waals surface area contributed by atoms with E-state index in [1.54, 1.807) is 0 Å². The number of hydrogen-bond acceptors (Lipinski definition) is 10. The molecule has 0 aromatic carbocycles. The second-order valence-corrected chi connectivity index (χ2v) is 16.0. The molecule has 0 aliphatic heterocycles. The van der Waals surface area contributed by atoms with E-state index < -0.39 is 51.8 Å². The van der Waals surface area contributed by atoms with Crippen molar-refractivity contribution in [3.8, 4) is 0 Å². The highest BCUT2D eigenvalue weighted by molar-refractivity contribution is 7.47. The van der Waals surface area contributed by atoms with Gasteiger partial charge in [0, 0.05) is 12.8 Å². The highest BCUT2D eigenvalue weighted by Crippen LogP contribution is 2.43. The Morgan fingerprint density at radius 3 is 1.65 bits per heavy atom. The number of allylic oxidation sites excluding steroid dienone is 3. The highest BCUT2D eigenvalue weighted by atomic mass is 31.2. The molecule has 0 rings (SSSR count). The Bertz CT molecular complexity index is 974. The molecule has 12 heteroatoms. The Morgan fingerprint density at radius 2 is 1.09 bits per heavy atom. The molecule has 0 aromatic rings. The van der Waals surface area contributed by atoms with E-state index in [1.165, 1.54) is 70.6 Å². The summed E-state index contributed by atoms with van der Waals surface area (Å²) in [4.78, 5) is 34.9. The van der Waals surface area contributed by atoms with Gasteiger partial charge in [0.15, 0.2) is 6.10 Å². The molecule has 0 aromatic heterocycles. The Labute approximate surface area is 328 Å². The van der Waals surface area contributed by atoms with Crippen LogP contribution in [0.2, 0.25) is 0 Å². The lowest BCUT2D eigenvalue weighted by Gasteiger charge is -2.20. The Balaban J connectivity index is 4.36. The van der Waals surface area contributed by atoms with Crippen molar-refractivity contribution in [2.75, 3.05) is 26.4 Å². The molecule has 4 unspecified atom stereocenters. The van der Waals surface area contributed by atoms with E-state index in [9.17, 15) is 29.3 Å². The van der Waals surface area contributed by atoms with Gasteiger partial charge in [-0.1, -0.05) is 167 Å². The number of carbonyl (C=O) groups is 2. The first-order valence-electron chi connectivity index (χ1n) is 21.4. The zero-order chi connectivity index (χ0) is 40.0. The molecule has 0 amide bonds. The van der Waals surface area contributed by atoms with Crippen molar-refractivity contribution >= 4 is 19.8 Å². The molecule has 0 fully saturated rings. The maximum Gasteiger partial charge on any atom is 0.472 e. The van der Waals surface area contributed by atoms with Gasteiger partial charge in [0.05, 0.1) is 25.9 Å². The van der Waals surface area contributed by atoms with Gasteiger partial charge in [-0.25, -0.2) is 4.57 Å². The molecule has 11 nitrogen and oxygen atoms in total. The summed E-state index contributed by atoms with van der Waals surface area (Å²) in [6.45, 7) is 2.23. The van der Waals surface area contributed by atoms with Crippen LogP contribution in [0.25, 0.3) is 0 Å². The molecule has 0 spiro atoms. The Kier molecular flexibility index (Phi) is 37.2. The summed E-state index contributed by atoms with van der Waals surface area (Å²) in [5, 5.41) is 28.2. The number of phosphoric acid groups is 1. The number of unbranched alkanes of at least 4 members (excludes halogenated alkanes) is 21. The predicted octanol–water partition coefficient (Wildman–Crippen LogP) is 9.97. The average Bonchev–Trinajstić information content (AvgIpc) is 3.15. The zero-order valence-corrected chi connectivity index (χ0v) is 34.9. The molecule has 54 heavy (non-hydrogen) atoms. The smallest absolute Gasteiger partial charge is 0.462 e. The first kappa shape index (κ1) is 52.4. The summed E-state index contributed by atoms with van der Waals surface area (Å²) >= 11 is 0. The number of carbonyl (C=O) groups excluding carboxylic acids is 2. The largest absolute Gasteiger partial charge is 0.472 e. The van der Waals surface area contributed by atoms with Crippen molar-refractivity contribution in [1.29, 1.82) is 0 Å². The fourth-order valence-electron chi connectivity index (χ4n) is 5.84. The van der Waals surface area contributed by atoms with Crippen LogP contribution >= 0.6 is 7.82 Å². The molecule has 0 aliphatic rings. The van der Waals surface area contributed by atoms with Gasteiger partial charge in [0.2, 0.25) is 0 Å². The third-order valence-corrected chi connectivity index (χ3v) is 10.2. The third kappa shape index (κ3) is 37.3. The van der Waals surface area contributed by atoms with Crippen LogP contribution in [0.3, 0.4) is 0 Å². The summed E-state index contributed by atoms with van der Waals surface area (Å²) in [5.74, 6) is -0.968. The third-order valence-electron chi connectivity index (χ3n) is 9.21. The number of aliphatic hydroxyl groups excluding tert-OH is 3. The van der Waals surface area contributed by atoms with Crippen LogP contribution in [0.1, 0.15) is 187 Å². The van der Waals surface area contributed by atoms with Gasteiger partial charge in [-0.15, -0.1) is 0 Å². The second-order valence-electron chi connectivity index (χ2n) is 14.6. The first-order valence-corrected chi connectivity index (χ1v) is 22.9. The molecule has 0 saturated carbocycles. The quantitative estimate of drug-likeness (QED) is 0.0202. The Morgan fingerprint density at radius 1 is 0.611 bits per heavy atom. The molecule has 4 atom stereocenters. The van der Waals surface area contributed by atoms with Crippen LogP contribution in [-0.4, -0.2) is 76.9 Å². The van der Waals surface area contributed by atoms with Gasteiger partial charge in [-0.05, 0) is 32.1 Å². The SMILES string of the molecule is CCCCCCCCCCCCCCCCCC(=O)OCC(COP(=O)(O)OCC(O)CO)OC(=O)CCCCCCC/C=C\C=C\C(O)CCCCC. The number of phosphoric ester groups is 1. The number of rotatable bonds is 40. The molecule has 0 aliphatic carbocycles. The van der Waals surface area contributed by atoms with E-state index in [0.717, 1.165) is 77.0 Å². The highest BCUT2D eigenvalue weighted by Gasteiger charge is 2.27. The first-order chi connectivity index (χ1) is 26.1. The number of esters is 2. The molecular formula is C42H79O11P. The monoisotopic (exact) mass is 791 g/mol. The van der Waals surface area contributed by atoms with Gasteiger partial charge in [0.1, 0.15) is 12.7 Å². The molecule has 318 valence electrons. The van der Waals surface area contributed by atoms with Crippen molar-refractivity contribution in [3.63, 3.8) is 0 Å². The predicted molar refractivity (Wildman–Crippen MR) is 216 cm³/mol. The van der Waals surface area contributed by atoms with Crippen LogP contribution in [-0.2, 0) is 32.7 Å². The van der Waals surface area contributed by atoms with Gasteiger partial charge in [-0.2, -0.15) is 0 Å². The molecular weight excluding hydrogens is 711 g/mol. The molecule has 4 N–H and O–H groups in total. The number of hydrogen-bond donors (Lipinski definition) is 4. The van der Waals surface area contributed by atoms with Gasteiger partial charge in [-0.3, -0.25) is 18.6 Å². The standard InChI is InChI=1S/C42H79O11P/c1-3-5-7-8-9-10-11-12-13-14-15-18-21-24-28-32-41(46)50-36-40(37-52-54(48,49)51-35-39(45)34-43)53-42(47)33-29-25-22-19-16-17-20-23-27-31-38(44)30-26-6-4-2/h20,23,27,31,38-40,43-45H,3-19,21-22,24-26,28-30,32-37H2,1-2H3,(H,48,49)/b23-20-,31-27+. The van der Waals surface area contributed by atoms with E-state index >= 15 is 0 Å². The van der Waals surface area contributed by atoms with Crippen molar-refractivity contribution in [2.24, 2.45) is 0 Å². The second kappa shape index (κ2) is 38.3. The van der Waals surface area contributed by atoms with Crippen LogP contribution in [0.15, 0.2) is 24.3 Å². The van der Waals surface area contributed by atoms with Crippen LogP contribution in [0.4, 0.5) is 0 Å². The zero-order valence-electron chi connectivity index (χ0n) is 34.1. The maximum absolute atomic E-state index is 12.6. The fraction of sp³-hybridized carbons (Fsp3) is 0.857. The summed E-state index contributed by atoms with van der Waals surface area (Å²) < 4.78 is 32.6. The molecule has 0 bridgehead atoms. The minimum absolute atomic E-state index is 0.144. The molecule has 0 radical (unpaired) electrons. The lowest BCUT2D eigenvalue weighted by molar-refractivity contribution is -0.161. The molecule has 0 heterocycles. The van der Waals surface area contributed by atoms with E-state index in [1.807, 2.05) is 18.2 Å². The van der Waals surface area contributed by atoms with Crippen molar-refractivity contribution in [1.82, 2.24) is 0 Å². The van der Waals surface area contributed by atoms with E-state index in [4.69, 9.17) is 19.1 Å². The fourth-order valence-corrected chi connectivity index (χ4v) is 6.63. The summed E-state index contributed by atoms with van der Waals surface area (Å²) in [5.41, 5.74) is 0. The minimum atomic E-state index is -4.63. The van der Waals surface area contributed by atoms with Gasteiger partial charge < -0.3 is 29.7 Å². The number of ether oxygens (including phenoxy) is 2. The van der Waals surface area contributed by atoms with Crippen molar-refractivity contribution in [3.05, 3.63) is 24.3 Å². The average molecular weight is 791 g/mol. The summed E-state index contributed by atoms with van der Waals surface area (Å²) in [7, 11) is -4.63. The summed E-state index contributed by atoms with van der Waals surface area (Å²) in [6.07, 6.45) is 33.2. The van der Waals surface area contributed by atoms with Crippen LogP contribution in [0.5, 0.6) is 0 Å². The normalized spacial score (nSPS) is 14.7. The number of aliphatic hydroxyl groups is 3. The lowest BCUT2D eigenvalue weighted by atomic mass is 10.0. The van der Waals surface area contributed by atoms with E-state index in [-0.39, 0.29) is 25.6 Å². The van der Waals surface area contributed by atoms with Crippen LogP contribution in [0, 0.1) is 0 Å². The maximum atomic E-state index is 12.6. The summed E-state index contributed by atoms with van der Waals surface area (Å²) in [6, 6.07) is 0. The van der Waals surface area contributed by atoms with E-state index in [0.29, 0.717) is 12.8 Å². The van der Waals surface area contributed by atoms with Crippen molar-refractivity contribution in [2.45, 2.75) is 206 Å². The lowest BCUT2D eigenvalue weighted by Crippen LogP contribution is -2.29. The minimum Gasteiger partial charge on any atom is -0.462 e. The van der Waals surface area contributed by atoms with Crippen LogP contribution < -0.4 is 0 Å².